The molecule has 1 aliphatic rings. The summed E-state index contributed by atoms with van der Waals surface area (Å²) in [6.45, 7) is 4.26. The Bertz CT molecular complexity index is 641. The van der Waals surface area contributed by atoms with E-state index < -0.39 is 0 Å². The van der Waals surface area contributed by atoms with Crippen LogP contribution in [0.2, 0.25) is 0 Å². The standard InChI is InChI=1S/C17H19BrN2/c1-10-7-14(8-11(2)17(10)18)20-16-6-3-12-9-13(19)4-5-15(12)16/h4-5,7-9,16,20H,3,6,19H2,1-2H3. The molecule has 3 N–H and O–H groups in total. The first-order chi connectivity index (χ1) is 9.54. The van der Waals surface area contributed by atoms with Crippen LogP contribution in [0.4, 0.5) is 11.4 Å². The summed E-state index contributed by atoms with van der Waals surface area (Å²) in [6, 6.07) is 11.1. The molecule has 2 aromatic rings. The monoisotopic (exact) mass is 330 g/mol. The summed E-state index contributed by atoms with van der Waals surface area (Å²) in [4.78, 5) is 0. The van der Waals surface area contributed by atoms with Crippen LogP contribution in [0.15, 0.2) is 34.8 Å². The maximum atomic E-state index is 5.86. The van der Waals surface area contributed by atoms with Gasteiger partial charge in [-0.15, -0.1) is 0 Å². The van der Waals surface area contributed by atoms with Gasteiger partial charge in [-0.2, -0.15) is 0 Å². The molecular weight excluding hydrogens is 312 g/mol. The van der Waals surface area contributed by atoms with Crippen LogP contribution in [0.5, 0.6) is 0 Å². The molecule has 0 saturated carbocycles. The van der Waals surface area contributed by atoms with Gasteiger partial charge in [-0.3, -0.25) is 0 Å². The number of nitrogens with one attached hydrogen (secondary N) is 1. The van der Waals surface area contributed by atoms with Crippen LogP contribution in [0.25, 0.3) is 0 Å². The third kappa shape index (κ3) is 2.42. The third-order valence-electron chi connectivity index (χ3n) is 4.02. The van der Waals surface area contributed by atoms with E-state index in [4.69, 9.17) is 5.73 Å². The molecular formula is C17H19BrN2. The Hall–Kier alpha value is -1.48. The predicted octanol–water partition coefficient (Wildman–Crippen LogP) is 4.75. The van der Waals surface area contributed by atoms with Gasteiger partial charge in [0, 0.05) is 15.8 Å². The highest BCUT2D eigenvalue weighted by molar-refractivity contribution is 9.10. The van der Waals surface area contributed by atoms with E-state index in [-0.39, 0.29) is 0 Å². The van der Waals surface area contributed by atoms with Crippen LogP contribution in [-0.2, 0) is 6.42 Å². The lowest BCUT2D eigenvalue weighted by Gasteiger charge is -2.17. The van der Waals surface area contributed by atoms with Crippen molar-refractivity contribution in [3.63, 3.8) is 0 Å². The zero-order chi connectivity index (χ0) is 14.3. The van der Waals surface area contributed by atoms with Gasteiger partial charge < -0.3 is 11.1 Å². The van der Waals surface area contributed by atoms with Crippen molar-refractivity contribution in [2.45, 2.75) is 32.7 Å². The lowest BCUT2D eigenvalue weighted by Crippen LogP contribution is -2.07. The highest BCUT2D eigenvalue weighted by atomic mass is 79.9. The lowest BCUT2D eigenvalue weighted by molar-refractivity contribution is 0.762. The number of hydrogen-bond donors (Lipinski definition) is 2. The van der Waals surface area contributed by atoms with Gasteiger partial charge >= 0.3 is 0 Å². The maximum absolute atomic E-state index is 5.86. The Morgan fingerprint density at radius 1 is 1.15 bits per heavy atom. The Labute approximate surface area is 128 Å². The third-order valence-corrected chi connectivity index (χ3v) is 5.27. The summed E-state index contributed by atoms with van der Waals surface area (Å²) in [5, 5.41) is 3.66. The highest BCUT2D eigenvalue weighted by Gasteiger charge is 2.22. The molecule has 0 bridgehead atoms. The van der Waals surface area contributed by atoms with Crippen molar-refractivity contribution in [1.29, 1.82) is 0 Å². The van der Waals surface area contributed by atoms with Crippen LogP contribution in [0.1, 0.15) is 34.7 Å². The second-order valence-corrected chi connectivity index (χ2v) is 6.41. The number of anilines is 2. The van der Waals surface area contributed by atoms with E-state index in [1.165, 1.54) is 32.4 Å². The number of nitrogen functional groups attached to an aromatic ring is 1. The molecule has 0 radical (unpaired) electrons. The van der Waals surface area contributed by atoms with E-state index in [9.17, 15) is 0 Å². The molecule has 0 saturated heterocycles. The zero-order valence-corrected chi connectivity index (χ0v) is 13.4. The molecule has 3 heteroatoms. The second-order valence-electron chi connectivity index (χ2n) is 5.62. The quantitative estimate of drug-likeness (QED) is 0.780. The van der Waals surface area contributed by atoms with Crippen LogP contribution in [-0.4, -0.2) is 0 Å². The van der Waals surface area contributed by atoms with E-state index in [2.05, 4.69) is 59.4 Å². The highest BCUT2D eigenvalue weighted by Crippen LogP contribution is 2.36. The van der Waals surface area contributed by atoms with E-state index >= 15 is 0 Å². The first kappa shape index (κ1) is 13.5. The first-order valence-corrected chi connectivity index (χ1v) is 7.75. The van der Waals surface area contributed by atoms with Crippen molar-refractivity contribution < 1.29 is 0 Å². The van der Waals surface area contributed by atoms with Gasteiger partial charge in [-0.25, -0.2) is 0 Å². The van der Waals surface area contributed by atoms with Gasteiger partial charge in [0.2, 0.25) is 0 Å². The molecule has 104 valence electrons. The fraction of sp³-hybridized carbons (Fsp3) is 0.294. The number of halogens is 1. The molecule has 0 aliphatic heterocycles. The van der Waals surface area contributed by atoms with Crippen molar-refractivity contribution in [2.24, 2.45) is 0 Å². The summed E-state index contributed by atoms with van der Waals surface area (Å²) >= 11 is 3.62. The van der Waals surface area contributed by atoms with Gasteiger partial charge in [0.1, 0.15) is 0 Å². The van der Waals surface area contributed by atoms with Crippen molar-refractivity contribution >= 4 is 27.3 Å². The Morgan fingerprint density at radius 2 is 1.85 bits per heavy atom. The van der Waals surface area contributed by atoms with Gasteiger partial charge in [-0.05, 0) is 73.2 Å². The number of rotatable bonds is 2. The van der Waals surface area contributed by atoms with Gasteiger partial charge in [0.15, 0.2) is 0 Å². The van der Waals surface area contributed by atoms with Crippen molar-refractivity contribution in [3.8, 4) is 0 Å². The molecule has 0 spiro atoms. The summed E-state index contributed by atoms with van der Waals surface area (Å²) in [5.74, 6) is 0. The predicted molar refractivity (Wildman–Crippen MR) is 89.2 cm³/mol. The molecule has 0 aromatic heterocycles. The topological polar surface area (TPSA) is 38.0 Å². The number of aryl methyl sites for hydroxylation is 3. The maximum Gasteiger partial charge on any atom is 0.0519 e. The minimum absolute atomic E-state index is 0.394. The minimum atomic E-state index is 0.394. The van der Waals surface area contributed by atoms with Crippen molar-refractivity contribution in [2.75, 3.05) is 11.1 Å². The SMILES string of the molecule is Cc1cc(NC2CCc3cc(N)ccc32)cc(C)c1Br. The van der Waals surface area contributed by atoms with Gasteiger partial charge in [-0.1, -0.05) is 22.0 Å². The van der Waals surface area contributed by atoms with Crippen molar-refractivity contribution in [1.82, 2.24) is 0 Å². The molecule has 2 nitrogen and oxygen atoms in total. The fourth-order valence-corrected chi connectivity index (χ4v) is 3.25. The Kier molecular flexibility index (Phi) is 3.47. The number of nitrogens with two attached hydrogens (primary N) is 1. The summed E-state index contributed by atoms with van der Waals surface area (Å²) in [6.07, 6.45) is 2.24. The molecule has 3 rings (SSSR count). The molecule has 1 aliphatic carbocycles. The van der Waals surface area contributed by atoms with Crippen LogP contribution < -0.4 is 11.1 Å². The van der Waals surface area contributed by atoms with Crippen molar-refractivity contribution in [3.05, 3.63) is 57.1 Å². The number of hydrogen-bond acceptors (Lipinski definition) is 2. The summed E-state index contributed by atoms with van der Waals surface area (Å²) in [5.41, 5.74) is 13.2. The number of fused-ring (bicyclic) bond motifs is 1. The molecule has 0 amide bonds. The van der Waals surface area contributed by atoms with Crippen LogP contribution in [0.3, 0.4) is 0 Å². The summed E-state index contributed by atoms with van der Waals surface area (Å²) < 4.78 is 1.20. The fourth-order valence-electron chi connectivity index (χ4n) is 3.02. The Morgan fingerprint density at radius 3 is 2.55 bits per heavy atom. The largest absolute Gasteiger partial charge is 0.399 e. The molecule has 1 unspecified atom stereocenters. The van der Waals surface area contributed by atoms with Gasteiger partial charge in [0.25, 0.3) is 0 Å². The molecule has 1 atom stereocenters. The van der Waals surface area contributed by atoms with E-state index in [0.29, 0.717) is 6.04 Å². The molecule has 20 heavy (non-hydrogen) atoms. The lowest BCUT2D eigenvalue weighted by atomic mass is 10.1. The summed E-state index contributed by atoms with van der Waals surface area (Å²) in [7, 11) is 0. The van der Waals surface area contributed by atoms with E-state index in [1.807, 2.05) is 6.07 Å². The Balaban J connectivity index is 1.87. The average molecular weight is 331 g/mol. The van der Waals surface area contributed by atoms with E-state index in [0.717, 1.165) is 18.5 Å². The normalized spacial score (nSPS) is 17.1. The zero-order valence-electron chi connectivity index (χ0n) is 11.8. The minimum Gasteiger partial charge on any atom is -0.399 e. The van der Waals surface area contributed by atoms with Crippen LogP contribution >= 0.6 is 15.9 Å². The van der Waals surface area contributed by atoms with E-state index in [1.54, 1.807) is 0 Å². The number of benzene rings is 2. The average Bonchev–Trinajstić information content (AvgIpc) is 2.78. The molecule has 0 fully saturated rings. The van der Waals surface area contributed by atoms with Crippen LogP contribution in [0, 0.1) is 13.8 Å². The smallest absolute Gasteiger partial charge is 0.0519 e. The molecule has 2 aromatic carbocycles. The molecule has 0 heterocycles. The second kappa shape index (κ2) is 5.13. The van der Waals surface area contributed by atoms with Gasteiger partial charge in [0.05, 0.1) is 6.04 Å². The first-order valence-electron chi connectivity index (χ1n) is 6.96.